The summed E-state index contributed by atoms with van der Waals surface area (Å²) in [7, 11) is 1.77. The molecule has 3 aromatic rings. The largest absolute Gasteiger partial charge is 0.494 e. The quantitative estimate of drug-likeness (QED) is 0.500. The Bertz CT molecular complexity index is 857. The molecule has 0 saturated carbocycles. The molecule has 0 aliphatic carbocycles. The SMILES string of the molecule is CCOc1ccccc1CNC(=NC)NCc1ccc(-n2cccn2)cc1. The number of rotatable bonds is 7. The Kier molecular flexibility index (Phi) is 6.46. The van der Waals surface area contributed by atoms with Gasteiger partial charge in [-0.25, -0.2) is 4.68 Å². The normalized spacial score (nSPS) is 11.3. The predicted octanol–water partition coefficient (Wildman–Crippen LogP) is 3.14. The van der Waals surface area contributed by atoms with E-state index in [2.05, 4.69) is 51.1 Å². The summed E-state index contributed by atoms with van der Waals surface area (Å²) in [5.41, 5.74) is 3.31. The van der Waals surface area contributed by atoms with Crippen LogP contribution in [0.15, 0.2) is 72.0 Å². The Balaban J connectivity index is 1.54. The van der Waals surface area contributed by atoms with Crippen LogP contribution in [-0.2, 0) is 13.1 Å². The van der Waals surface area contributed by atoms with E-state index in [9.17, 15) is 0 Å². The number of nitrogens with zero attached hydrogens (tertiary/aromatic N) is 3. The minimum Gasteiger partial charge on any atom is -0.494 e. The van der Waals surface area contributed by atoms with Crippen molar-refractivity contribution in [2.45, 2.75) is 20.0 Å². The molecule has 0 unspecified atom stereocenters. The Morgan fingerprint density at radius 2 is 1.81 bits per heavy atom. The second kappa shape index (κ2) is 9.43. The molecule has 0 aliphatic heterocycles. The van der Waals surface area contributed by atoms with E-state index in [4.69, 9.17) is 4.74 Å². The summed E-state index contributed by atoms with van der Waals surface area (Å²) in [5.74, 6) is 1.65. The van der Waals surface area contributed by atoms with E-state index in [1.165, 1.54) is 5.56 Å². The predicted molar refractivity (Wildman–Crippen MR) is 108 cm³/mol. The molecule has 0 amide bonds. The lowest BCUT2D eigenvalue weighted by Gasteiger charge is -2.14. The van der Waals surface area contributed by atoms with Crippen molar-refractivity contribution in [2.24, 2.45) is 4.99 Å². The van der Waals surface area contributed by atoms with Crippen LogP contribution >= 0.6 is 0 Å². The lowest BCUT2D eigenvalue weighted by molar-refractivity contribution is 0.336. The van der Waals surface area contributed by atoms with Crippen LogP contribution in [-0.4, -0.2) is 29.4 Å². The summed E-state index contributed by atoms with van der Waals surface area (Å²) < 4.78 is 7.51. The topological polar surface area (TPSA) is 63.5 Å². The molecule has 6 heteroatoms. The third-order valence-corrected chi connectivity index (χ3v) is 4.11. The maximum absolute atomic E-state index is 5.67. The molecule has 0 aliphatic rings. The number of aliphatic imine (C=N–C) groups is 1. The van der Waals surface area contributed by atoms with Crippen molar-refractivity contribution in [2.75, 3.05) is 13.7 Å². The number of guanidine groups is 1. The Morgan fingerprint density at radius 3 is 2.52 bits per heavy atom. The molecule has 6 nitrogen and oxygen atoms in total. The highest BCUT2D eigenvalue weighted by molar-refractivity contribution is 5.79. The van der Waals surface area contributed by atoms with Gasteiger partial charge < -0.3 is 15.4 Å². The zero-order chi connectivity index (χ0) is 18.9. The minimum absolute atomic E-state index is 0.647. The smallest absolute Gasteiger partial charge is 0.191 e. The summed E-state index contributed by atoms with van der Waals surface area (Å²) in [6, 6.07) is 18.2. The van der Waals surface area contributed by atoms with Gasteiger partial charge in [-0.1, -0.05) is 30.3 Å². The van der Waals surface area contributed by atoms with E-state index < -0.39 is 0 Å². The molecule has 3 rings (SSSR count). The van der Waals surface area contributed by atoms with E-state index in [1.54, 1.807) is 13.2 Å². The van der Waals surface area contributed by atoms with E-state index in [0.717, 1.165) is 23.0 Å². The third kappa shape index (κ3) is 5.10. The molecule has 0 atom stereocenters. The van der Waals surface area contributed by atoms with Gasteiger partial charge in [0, 0.05) is 38.1 Å². The van der Waals surface area contributed by atoms with Gasteiger partial charge in [-0.15, -0.1) is 0 Å². The highest BCUT2D eigenvalue weighted by Gasteiger charge is 2.04. The Hall–Kier alpha value is -3.28. The average molecular weight is 363 g/mol. The molecule has 27 heavy (non-hydrogen) atoms. The first-order valence-corrected chi connectivity index (χ1v) is 9.04. The van der Waals surface area contributed by atoms with Crippen molar-refractivity contribution in [1.29, 1.82) is 0 Å². The van der Waals surface area contributed by atoms with Crippen molar-refractivity contribution < 1.29 is 4.74 Å². The van der Waals surface area contributed by atoms with Gasteiger partial charge >= 0.3 is 0 Å². The van der Waals surface area contributed by atoms with Crippen LogP contribution in [0.2, 0.25) is 0 Å². The number of nitrogens with one attached hydrogen (secondary N) is 2. The molecule has 0 bridgehead atoms. The molecule has 140 valence electrons. The highest BCUT2D eigenvalue weighted by atomic mass is 16.5. The monoisotopic (exact) mass is 363 g/mol. The molecular formula is C21H25N5O. The first kappa shape index (κ1) is 18.5. The molecule has 2 aromatic carbocycles. The molecule has 0 saturated heterocycles. The summed E-state index contributed by atoms with van der Waals surface area (Å²) in [4.78, 5) is 4.29. The number of hydrogen-bond acceptors (Lipinski definition) is 3. The van der Waals surface area contributed by atoms with Crippen molar-refractivity contribution in [3.05, 3.63) is 78.1 Å². The van der Waals surface area contributed by atoms with Gasteiger partial charge in [-0.2, -0.15) is 5.10 Å². The van der Waals surface area contributed by atoms with Crippen molar-refractivity contribution in [3.63, 3.8) is 0 Å². The number of ether oxygens (including phenoxy) is 1. The maximum Gasteiger partial charge on any atom is 0.191 e. The van der Waals surface area contributed by atoms with E-state index >= 15 is 0 Å². The van der Waals surface area contributed by atoms with Crippen LogP contribution in [0.3, 0.4) is 0 Å². The lowest BCUT2D eigenvalue weighted by atomic mass is 10.2. The van der Waals surface area contributed by atoms with Crippen LogP contribution in [0, 0.1) is 0 Å². The first-order chi connectivity index (χ1) is 13.3. The molecule has 0 radical (unpaired) electrons. The molecule has 1 aromatic heterocycles. The summed E-state index contributed by atoms with van der Waals surface area (Å²) >= 11 is 0. The zero-order valence-corrected chi connectivity index (χ0v) is 15.7. The summed E-state index contributed by atoms with van der Waals surface area (Å²) in [6.45, 7) is 3.97. The van der Waals surface area contributed by atoms with Gasteiger partial charge in [0.25, 0.3) is 0 Å². The van der Waals surface area contributed by atoms with Crippen molar-refractivity contribution in [1.82, 2.24) is 20.4 Å². The minimum atomic E-state index is 0.647. The molecule has 0 spiro atoms. The highest BCUT2D eigenvalue weighted by Crippen LogP contribution is 2.17. The Labute approximate surface area is 159 Å². The number of benzene rings is 2. The maximum atomic E-state index is 5.67. The standard InChI is InChI=1S/C21H25N5O/c1-3-27-20-8-5-4-7-18(20)16-24-21(22-2)23-15-17-9-11-19(12-10-17)26-14-6-13-25-26/h4-14H,3,15-16H2,1-2H3,(H2,22,23,24). The Morgan fingerprint density at radius 1 is 1.04 bits per heavy atom. The number of para-hydroxylation sites is 1. The van der Waals surface area contributed by atoms with Crippen molar-refractivity contribution in [3.8, 4) is 11.4 Å². The van der Waals surface area contributed by atoms with E-state index in [1.807, 2.05) is 42.1 Å². The average Bonchev–Trinajstić information content (AvgIpc) is 3.25. The van der Waals surface area contributed by atoms with Gasteiger partial charge in [-0.05, 0) is 36.8 Å². The zero-order valence-electron chi connectivity index (χ0n) is 15.7. The summed E-state index contributed by atoms with van der Waals surface area (Å²) in [5, 5.41) is 10.9. The van der Waals surface area contributed by atoms with Crippen LogP contribution in [0.5, 0.6) is 5.75 Å². The van der Waals surface area contributed by atoms with Gasteiger partial charge in [0.1, 0.15) is 5.75 Å². The molecule has 2 N–H and O–H groups in total. The molecular weight excluding hydrogens is 338 g/mol. The van der Waals surface area contributed by atoms with Gasteiger partial charge in [0.05, 0.1) is 12.3 Å². The van der Waals surface area contributed by atoms with Crippen LogP contribution < -0.4 is 15.4 Å². The van der Waals surface area contributed by atoms with Crippen LogP contribution in [0.1, 0.15) is 18.1 Å². The van der Waals surface area contributed by atoms with Gasteiger partial charge in [0.15, 0.2) is 5.96 Å². The molecule has 0 fully saturated rings. The van der Waals surface area contributed by atoms with Crippen LogP contribution in [0.25, 0.3) is 5.69 Å². The fourth-order valence-corrected chi connectivity index (χ4v) is 2.72. The molecule has 1 heterocycles. The number of hydrogen-bond donors (Lipinski definition) is 2. The van der Waals surface area contributed by atoms with E-state index in [-0.39, 0.29) is 0 Å². The van der Waals surface area contributed by atoms with Gasteiger partial charge in [-0.3, -0.25) is 4.99 Å². The second-order valence-corrected chi connectivity index (χ2v) is 5.94. The first-order valence-electron chi connectivity index (χ1n) is 9.04. The van der Waals surface area contributed by atoms with Gasteiger partial charge in [0.2, 0.25) is 0 Å². The fraction of sp³-hybridized carbons (Fsp3) is 0.238. The third-order valence-electron chi connectivity index (χ3n) is 4.11. The fourth-order valence-electron chi connectivity index (χ4n) is 2.72. The van der Waals surface area contributed by atoms with Crippen molar-refractivity contribution >= 4 is 5.96 Å². The number of aromatic nitrogens is 2. The summed E-state index contributed by atoms with van der Waals surface area (Å²) in [6.07, 6.45) is 3.70. The van der Waals surface area contributed by atoms with Crippen LogP contribution in [0.4, 0.5) is 0 Å². The second-order valence-electron chi connectivity index (χ2n) is 5.94. The van der Waals surface area contributed by atoms with E-state index in [0.29, 0.717) is 19.7 Å². The lowest BCUT2D eigenvalue weighted by Crippen LogP contribution is -2.36.